The van der Waals surface area contributed by atoms with E-state index < -0.39 is 0 Å². The van der Waals surface area contributed by atoms with Gasteiger partial charge < -0.3 is 15.1 Å². The summed E-state index contributed by atoms with van der Waals surface area (Å²) in [6, 6.07) is 2.07. The number of furan rings is 1. The van der Waals surface area contributed by atoms with Crippen molar-refractivity contribution in [3.05, 3.63) is 17.4 Å². The third kappa shape index (κ3) is 2.96. The van der Waals surface area contributed by atoms with E-state index in [0.717, 1.165) is 29.7 Å². The molecule has 1 heterocycles. The van der Waals surface area contributed by atoms with Crippen LogP contribution in [-0.2, 0) is 5.75 Å². The lowest BCUT2D eigenvalue weighted by atomic mass is 10.3. The van der Waals surface area contributed by atoms with E-state index in [2.05, 4.69) is 13.0 Å². The minimum absolute atomic E-state index is 0.727. The zero-order valence-corrected chi connectivity index (χ0v) is 9.86. The second-order valence-electron chi connectivity index (χ2n) is 3.43. The Morgan fingerprint density at radius 1 is 1.50 bits per heavy atom. The van der Waals surface area contributed by atoms with Crippen LogP contribution in [0.2, 0.25) is 0 Å². The minimum Gasteiger partial charge on any atom is -0.444 e. The Hall–Kier alpha value is -0.610. The molecule has 0 bridgehead atoms. The molecule has 4 heteroatoms. The molecule has 1 rings (SSSR count). The highest BCUT2D eigenvalue weighted by Gasteiger charge is 2.08. The van der Waals surface area contributed by atoms with Gasteiger partial charge in [-0.2, -0.15) is 11.8 Å². The number of hydrogen-bond acceptors (Lipinski definition) is 4. The number of aryl methyl sites for hydroxylation is 1. The van der Waals surface area contributed by atoms with E-state index >= 15 is 0 Å². The maximum Gasteiger partial charge on any atom is 0.195 e. The monoisotopic (exact) mass is 214 g/mol. The van der Waals surface area contributed by atoms with Gasteiger partial charge in [-0.15, -0.1) is 0 Å². The Balaban J connectivity index is 2.58. The van der Waals surface area contributed by atoms with Gasteiger partial charge in [0.05, 0.1) is 5.75 Å². The van der Waals surface area contributed by atoms with E-state index in [1.807, 2.05) is 30.8 Å². The van der Waals surface area contributed by atoms with Crippen LogP contribution in [0.3, 0.4) is 0 Å². The third-order valence-electron chi connectivity index (χ3n) is 1.94. The summed E-state index contributed by atoms with van der Waals surface area (Å²) in [5.41, 5.74) is 6.65. The molecule has 0 atom stereocenters. The molecular formula is C10H18N2OS. The Kier molecular flexibility index (Phi) is 4.35. The molecule has 0 aliphatic rings. The molecule has 0 fully saturated rings. The van der Waals surface area contributed by atoms with E-state index in [9.17, 15) is 0 Å². The molecule has 0 aromatic carbocycles. The first-order valence-electron chi connectivity index (χ1n) is 4.69. The maximum absolute atomic E-state index is 5.69. The Bertz CT molecular complexity index is 284. The fraction of sp³-hybridized carbons (Fsp3) is 0.600. The molecule has 80 valence electrons. The molecule has 0 aliphatic carbocycles. The SMILES string of the molecule is Cc1cc(N(C)C)oc1CSCCN. The fourth-order valence-corrected chi connectivity index (χ4v) is 1.90. The number of thioether (sulfide) groups is 1. The van der Waals surface area contributed by atoms with Gasteiger partial charge in [0.15, 0.2) is 5.88 Å². The Labute approximate surface area is 89.6 Å². The van der Waals surface area contributed by atoms with E-state index in [-0.39, 0.29) is 0 Å². The van der Waals surface area contributed by atoms with Crippen molar-refractivity contribution in [3.63, 3.8) is 0 Å². The van der Waals surface area contributed by atoms with Crippen molar-refractivity contribution in [1.82, 2.24) is 0 Å². The van der Waals surface area contributed by atoms with Gasteiger partial charge in [0.25, 0.3) is 0 Å². The highest BCUT2D eigenvalue weighted by Crippen LogP contribution is 2.24. The highest BCUT2D eigenvalue weighted by atomic mass is 32.2. The quantitative estimate of drug-likeness (QED) is 0.760. The standard InChI is InChI=1S/C10H18N2OS/c1-8-6-10(12(2)3)13-9(8)7-14-5-4-11/h6H,4-5,7,11H2,1-3H3. The molecule has 0 radical (unpaired) electrons. The number of rotatable bonds is 5. The molecule has 0 saturated heterocycles. The lowest BCUT2D eigenvalue weighted by Crippen LogP contribution is -2.06. The molecule has 0 amide bonds. The predicted molar refractivity (Wildman–Crippen MR) is 63.0 cm³/mol. The van der Waals surface area contributed by atoms with Crippen molar-refractivity contribution in [2.24, 2.45) is 5.73 Å². The summed E-state index contributed by atoms with van der Waals surface area (Å²) in [6.07, 6.45) is 0. The Morgan fingerprint density at radius 3 is 2.71 bits per heavy atom. The number of hydrogen-bond donors (Lipinski definition) is 1. The molecule has 0 spiro atoms. The van der Waals surface area contributed by atoms with Crippen molar-refractivity contribution in [2.75, 3.05) is 31.3 Å². The first kappa shape index (κ1) is 11.5. The van der Waals surface area contributed by atoms with Crippen LogP contribution in [0.15, 0.2) is 10.5 Å². The van der Waals surface area contributed by atoms with Crippen LogP contribution >= 0.6 is 11.8 Å². The summed E-state index contributed by atoms with van der Waals surface area (Å²) < 4.78 is 5.69. The fourth-order valence-electron chi connectivity index (χ4n) is 1.11. The molecule has 0 aliphatic heterocycles. The maximum atomic E-state index is 5.69. The average Bonchev–Trinajstić information content (AvgIpc) is 2.49. The molecule has 14 heavy (non-hydrogen) atoms. The van der Waals surface area contributed by atoms with E-state index in [0.29, 0.717) is 0 Å². The summed E-state index contributed by atoms with van der Waals surface area (Å²) in [5.74, 6) is 3.88. The minimum atomic E-state index is 0.727. The lowest BCUT2D eigenvalue weighted by molar-refractivity contribution is 0.528. The number of nitrogens with two attached hydrogens (primary N) is 1. The first-order valence-corrected chi connectivity index (χ1v) is 5.85. The molecule has 2 N–H and O–H groups in total. The van der Waals surface area contributed by atoms with Gasteiger partial charge in [0.2, 0.25) is 0 Å². The van der Waals surface area contributed by atoms with Crippen molar-refractivity contribution in [3.8, 4) is 0 Å². The number of nitrogens with zero attached hydrogens (tertiary/aromatic N) is 1. The largest absolute Gasteiger partial charge is 0.444 e. The molecule has 1 aromatic heterocycles. The van der Waals surface area contributed by atoms with Crippen LogP contribution in [0.4, 0.5) is 5.88 Å². The topological polar surface area (TPSA) is 42.4 Å². The normalized spacial score (nSPS) is 10.6. The van der Waals surface area contributed by atoms with Crippen molar-refractivity contribution in [1.29, 1.82) is 0 Å². The number of anilines is 1. The van der Waals surface area contributed by atoms with Crippen LogP contribution in [0.1, 0.15) is 11.3 Å². The summed E-state index contributed by atoms with van der Waals surface area (Å²) in [4.78, 5) is 1.98. The van der Waals surface area contributed by atoms with Crippen LogP contribution in [0.5, 0.6) is 0 Å². The molecular weight excluding hydrogens is 196 g/mol. The van der Waals surface area contributed by atoms with Gasteiger partial charge in [-0.25, -0.2) is 0 Å². The van der Waals surface area contributed by atoms with Gasteiger partial charge in [-0.1, -0.05) is 0 Å². The summed E-state index contributed by atoms with van der Waals surface area (Å²) >= 11 is 1.81. The predicted octanol–water partition coefficient (Wildman–Crippen LogP) is 1.85. The van der Waals surface area contributed by atoms with Gasteiger partial charge in [0.1, 0.15) is 5.76 Å². The van der Waals surface area contributed by atoms with Gasteiger partial charge in [-0.05, 0) is 12.5 Å². The second-order valence-corrected chi connectivity index (χ2v) is 4.53. The summed E-state index contributed by atoms with van der Waals surface area (Å²) in [5, 5.41) is 0. The highest BCUT2D eigenvalue weighted by molar-refractivity contribution is 7.98. The molecule has 0 saturated carbocycles. The van der Waals surface area contributed by atoms with Gasteiger partial charge in [-0.3, -0.25) is 0 Å². The van der Waals surface area contributed by atoms with Crippen LogP contribution < -0.4 is 10.6 Å². The summed E-state index contributed by atoms with van der Waals surface area (Å²) in [7, 11) is 3.96. The first-order chi connectivity index (χ1) is 6.65. The van der Waals surface area contributed by atoms with Crippen molar-refractivity contribution >= 4 is 17.6 Å². The molecule has 0 unspecified atom stereocenters. The third-order valence-corrected chi connectivity index (χ3v) is 2.93. The lowest BCUT2D eigenvalue weighted by Gasteiger charge is -2.06. The van der Waals surface area contributed by atoms with Crippen molar-refractivity contribution in [2.45, 2.75) is 12.7 Å². The van der Waals surface area contributed by atoms with E-state index in [1.165, 1.54) is 5.56 Å². The van der Waals surface area contributed by atoms with Gasteiger partial charge >= 0.3 is 0 Å². The average molecular weight is 214 g/mol. The summed E-state index contributed by atoms with van der Waals surface area (Å²) in [6.45, 7) is 2.81. The van der Waals surface area contributed by atoms with Gasteiger partial charge in [0, 0.05) is 32.5 Å². The van der Waals surface area contributed by atoms with E-state index in [4.69, 9.17) is 10.2 Å². The zero-order valence-electron chi connectivity index (χ0n) is 9.04. The van der Waals surface area contributed by atoms with E-state index in [1.54, 1.807) is 0 Å². The zero-order chi connectivity index (χ0) is 10.6. The van der Waals surface area contributed by atoms with Crippen molar-refractivity contribution < 1.29 is 4.42 Å². The molecule has 1 aromatic rings. The Morgan fingerprint density at radius 2 is 2.21 bits per heavy atom. The second kappa shape index (κ2) is 5.32. The van der Waals surface area contributed by atoms with Crippen LogP contribution in [0.25, 0.3) is 0 Å². The van der Waals surface area contributed by atoms with Crippen LogP contribution in [0, 0.1) is 6.92 Å². The van der Waals surface area contributed by atoms with Crippen LogP contribution in [-0.4, -0.2) is 26.4 Å². The smallest absolute Gasteiger partial charge is 0.195 e. The molecule has 3 nitrogen and oxygen atoms in total.